The van der Waals surface area contributed by atoms with E-state index in [1.54, 1.807) is 24.3 Å². The number of fused-ring (bicyclic) bond motifs is 1. The summed E-state index contributed by atoms with van der Waals surface area (Å²) in [5, 5.41) is 17.8. The zero-order valence-electron chi connectivity index (χ0n) is 15.0. The van der Waals surface area contributed by atoms with Gasteiger partial charge in [-0.3, -0.25) is 9.59 Å². The highest BCUT2D eigenvalue weighted by molar-refractivity contribution is 6.04. The van der Waals surface area contributed by atoms with Gasteiger partial charge in [0.25, 0.3) is 11.5 Å². The second-order valence-electron chi connectivity index (χ2n) is 6.12. The zero-order chi connectivity index (χ0) is 19.2. The molecule has 7 heteroatoms. The summed E-state index contributed by atoms with van der Waals surface area (Å²) in [5.41, 5.74) is 0.776. The Kier molecular flexibility index (Phi) is 5.95. The van der Waals surface area contributed by atoms with Crippen molar-refractivity contribution in [2.75, 3.05) is 13.7 Å². The van der Waals surface area contributed by atoms with Crippen molar-refractivity contribution in [1.29, 1.82) is 0 Å². The molecule has 1 atom stereocenters. The summed E-state index contributed by atoms with van der Waals surface area (Å²) in [6, 6.07) is 16.4. The van der Waals surface area contributed by atoms with Crippen molar-refractivity contribution in [3.8, 4) is 0 Å². The van der Waals surface area contributed by atoms with Gasteiger partial charge in [0.1, 0.15) is 0 Å². The van der Waals surface area contributed by atoms with Crippen LogP contribution in [0.5, 0.6) is 0 Å². The summed E-state index contributed by atoms with van der Waals surface area (Å²) in [6.45, 7) is 0.342. The first-order valence-corrected chi connectivity index (χ1v) is 8.62. The second-order valence-corrected chi connectivity index (χ2v) is 6.12. The number of aromatic nitrogens is 2. The summed E-state index contributed by atoms with van der Waals surface area (Å²) in [4.78, 5) is 24.8. The first-order chi connectivity index (χ1) is 13.1. The van der Waals surface area contributed by atoms with Gasteiger partial charge < -0.3 is 15.2 Å². The zero-order valence-corrected chi connectivity index (χ0v) is 15.0. The van der Waals surface area contributed by atoms with Gasteiger partial charge in [0, 0.05) is 12.4 Å². The Hall–Kier alpha value is -3.03. The van der Waals surface area contributed by atoms with Crippen LogP contribution in [0.1, 0.15) is 16.1 Å². The van der Waals surface area contributed by atoms with Crippen molar-refractivity contribution in [1.82, 2.24) is 15.1 Å². The van der Waals surface area contributed by atoms with Gasteiger partial charge in [0.05, 0.1) is 31.2 Å². The third kappa shape index (κ3) is 4.39. The number of nitrogens with one attached hydrogen (secondary N) is 1. The number of carbonyl (C=O) groups is 1. The van der Waals surface area contributed by atoms with E-state index in [2.05, 4.69) is 10.4 Å². The Bertz CT molecular complexity index is 985. The molecular formula is C20H21N3O4. The molecule has 0 spiro atoms. The molecule has 0 fully saturated rings. The normalized spacial score (nSPS) is 12.1. The average Bonchev–Trinajstić information content (AvgIpc) is 2.70. The number of aliphatic hydroxyl groups excluding tert-OH is 1. The van der Waals surface area contributed by atoms with Crippen LogP contribution in [0.3, 0.4) is 0 Å². The maximum atomic E-state index is 12.6. The smallest absolute Gasteiger partial charge is 0.274 e. The molecule has 1 aromatic heterocycles. The third-order valence-corrected chi connectivity index (χ3v) is 4.12. The molecule has 0 aliphatic rings. The highest BCUT2D eigenvalue weighted by Gasteiger charge is 2.17. The van der Waals surface area contributed by atoms with E-state index in [0.717, 1.165) is 10.2 Å². The topological polar surface area (TPSA) is 93.5 Å². The molecule has 0 saturated heterocycles. The van der Waals surface area contributed by atoms with Crippen LogP contribution < -0.4 is 10.9 Å². The SMILES string of the molecule is CNC(=O)c1nn(CC(O)COCc2ccccc2)c(=O)c2ccccc12. The Morgan fingerprint density at radius 3 is 2.52 bits per heavy atom. The van der Waals surface area contributed by atoms with Crippen LogP contribution >= 0.6 is 0 Å². The van der Waals surface area contributed by atoms with Crippen LogP contribution in [0.25, 0.3) is 10.8 Å². The van der Waals surface area contributed by atoms with Crippen LogP contribution in [0.4, 0.5) is 0 Å². The standard InChI is InChI=1S/C20H21N3O4/c1-21-19(25)18-16-9-5-6-10-17(16)20(26)23(22-18)11-15(24)13-27-12-14-7-3-2-4-8-14/h2-10,15,24H,11-13H2,1H3,(H,21,25). The van der Waals surface area contributed by atoms with E-state index in [1.165, 1.54) is 7.05 Å². The van der Waals surface area contributed by atoms with Gasteiger partial charge in [-0.15, -0.1) is 0 Å². The average molecular weight is 367 g/mol. The molecule has 0 saturated carbocycles. The molecule has 3 aromatic rings. The minimum absolute atomic E-state index is 0.0468. The number of rotatable bonds is 7. The molecule has 2 aromatic carbocycles. The molecule has 1 unspecified atom stereocenters. The molecule has 3 rings (SSSR count). The van der Waals surface area contributed by atoms with Crippen LogP contribution in [-0.4, -0.2) is 40.6 Å². The van der Waals surface area contributed by atoms with Crippen molar-refractivity contribution in [2.24, 2.45) is 0 Å². The quantitative estimate of drug-likeness (QED) is 0.657. The fraction of sp³-hybridized carbons (Fsp3) is 0.250. The number of hydrogen-bond donors (Lipinski definition) is 2. The summed E-state index contributed by atoms with van der Waals surface area (Å²) in [7, 11) is 1.50. The second kappa shape index (κ2) is 8.57. The molecule has 1 amide bonds. The number of hydrogen-bond acceptors (Lipinski definition) is 5. The number of amides is 1. The van der Waals surface area contributed by atoms with E-state index in [4.69, 9.17) is 4.74 Å². The number of carbonyl (C=O) groups excluding carboxylic acids is 1. The van der Waals surface area contributed by atoms with Gasteiger partial charge in [-0.1, -0.05) is 48.5 Å². The minimum atomic E-state index is -0.933. The largest absolute Gasteiger partial charge is 0.389 e. The Morgan fingerprint density at radius 2 is 1.81 bits per heavy atom. The van der Waals surface area contributed by atoms with Crippen molar-refractivity contribution in [3.63, 3.8) is 0 Å². The minimum Gasteiger partial charge on any atom is -0.389 e. The Morgan fingerprint density at radius 1 is 1.15 bits per heavy atom. The predicted octanol–water partition coefficient (Wildman–Crippen LogP) is 1.33. The maximum absolute atomic E-state index is 12.6. The van der Waals surface area contributed by atoms with E-state index in [1.807, 2.05) is 30.3 Å². The first kappa shape index (κ1) is 18.8. The molecule has 0 aliphatic heterocycles. The Balaban J connectivity index is 1.76. The van der Waals surface area contributed by atoms with Crippen LogP contribution in [0.15, 0.2) is 59.4 Å². The Labute approximate surface area is 156 Å². The predicted molar refractivity (Wildman–Crippen MR) is 101 cm³/mol. The van der Waals surface area contributed by atoms with E-state index in [9.17, 15) is 14.7 Å². The highest BCUT2D eigenvalue weighted by Crippen LogP contribution is 2.13. The lowest BCUT2D eigenvalue weighted by atomic mass is 10.1. The van der Waals surface area contributed by atoms with E-state index < -0.39 is 12.0 Å². The summed E-state index contributed by atoms with van der Waals surface area (Å²) >= 11 is 0. The van der Waals surface area contributed by atoms with Gasteiger partial charge in [0.2, 0.25) is 0 Å². The lowest BCUT2D eigenvalue weighted by molar-refractivity contribution is 0.0180. The third-order valence-electron chi connectivity index (χ3n) is 4.12. The van der Waals surface area contributed by atoms with Gasteiger partial charge >= 0.3 is 0 Å². The number of ether oxygens (including phenoxy) is 1. The maximum Gasteiger partial charge on any atom is 0.274 e. The summed E-state index contributed by atoms with van der Waals surface area (Å²) in [6.07, 6.45) is -0.933. The van der Waals surface area contributed by atoms with Crippen molar-refractivity contribution in [2.45, 2.75) is 19.3 Å². The molecule has 0 radical (unpaired) electrons. The molecule has 2 N–H and O–H groups in total. The van der Waals surface area contributed by atoms with E-state index in [0.29, 0.717) is 17.4 Å². The lowest BCUT2D eigenvalue weighted by Crippen LogP contribution is -2.34. The van der Waals surface area contributed by atoms with Gasteiger partial charge in [-0.2, -0.15) is 5.10 Å². The number of benzene rings is 2. The monoisotopic (exact) mass is 367 g/mol. The summed E-state index contributed by atoms with van der Waals surface area (Å²) in [5.74, 6) is -0.394. The molecule has 1 heterocycles. The molecule has 0 bridgehead atoms. The van der Waals surface area contributed by atoms with Gasteiger partial charge in [-0.05, 0) is 11.6 Å². The van der Waals surface area contributed by atoms with E-state index in [-0.39, 0.29) is 24.4 Å². The van der Waals surface area contributed by atoms with Crippen molar-refractivity contribution < 1.29 is 14.6 Å². The fourth-order valence-corrected chi connectivity index (χ4v) is 2.78. The molecule has 27 heavy (non-hydrogen) atoms. The van der Waals surface area contributed by atoms with Crippen LogP contribution in [0.2, 0.25) is 0 Å². The molecule has 0 aliphatic carbocycles. The van der Waals surface area contributed by atoms with Crippen LogP contribution in [-0.2, 0) is 17.9 Å². The molecule has 7 nitrogen and oxygen atoms in total. The number of aliphatic hydroxyl groups is 1. The molecular weight excluding hydrogens is 346 g/mol. The van der Waals surface area contributed by atoms with Gasteiger partial charge in [-0.25, -0.2) is 4.68 Å². The molecule has 140 valence electrons. The summed E-state index contributed by atoms with van der Waals surface area (Å²) < 4.78 is 6.62. The van der Waals surface area contributed by atoms with Crippen molar-refractivity contribution >= 4 is 16.7 Å². The highest BCUT2D eigenvalue weighted by atomic mass is 16.5. The fourth-order valence-electron chi connectivity index (χ4n) is 2.78. The van der Waals surface area contributed by atoms with Gasteiger partial charge in [0.15, 0.2) is 5.69 Å². The van der Waals surface area contributed by atoms with Crippen LogP contribution in [0, 0.1) is 0 Å². The number of nitrogens with zero attached hydrogens (tertiary/aromatic N) is 2. The van der Waals surface area contributed by atoms with Crippen molar-refractivity contribution in [3.05, 3.63) is 76.2 Å². The first-order valence-electron chi connectivity index (χ1n) is 8.62. The van der Waals surface area contributed by atoms with E-state index >= 15 is 0 Å². The lowest BCUT2D eigenvalue weighted by Gasteiger charge is -2.14.